The zero-order valence-electron chi connectivity index (χ0n) is 16.0. The van der Waals surface area contributed by atoms with Crippen LogP contribution < -0.4 is 10.6 Å². The Kier molecular flexibility index (Phi) is 8.50. The van der Waals surface area contributed by atoms with E-state index in [9.17, 15) is 0 Å². The van der Waals surface area contributed by atoms with Crippen molar-refractivity contribution in [2.45, 2.75) is 39.8 Å². The van der Waals surface area contributed by atoms with Crippen LogP contribution in [-0.4, -0.2) is 23.5 Å². The van der Waals surface area contributed by atoms with E-state index in [0.717, 1.165) is 30.0 Å². The predicted octanol–water partition coefficient (Wildman–Crippen LogP) is 4.91. The molecule has 4 nitrogen and oxygen atoms in total. The lowest BCUT2D eigenvalue weighted by Gasteiger charge is -2.17. The third-order valence-corrected chi connectivity index (χ3v) is 5.20. The zero-order chi connectivity index (χ0) is 18.4. The van der Waals surface area contributed by atoms with Crippen molar-refractivity contribution >= 4 is 52.0 Å². The van der Waals surface area contributed by atoms with Gasteiger partial charge in [0, 0.05) is 40.3 Å². The molecule has 0 aliphatic heterocycles. The first kappa shape index (κ1) is 21.6. The molecule has 0 radical (unpaired) electrons. The summed E-state index contributed by atoms with van der Waals surface area (Å²) in [7, 11) is 0. The fourth-order valence-electron chi connectivity index (χ4n) is 2.96. The van der Waals surface area contributed by atoms with Gasteiger partial charge in [-0.2, -0.15) is 0 Å². The number of hydrogen-bond donors (Lipinski definition) is 2. The average molecular weight is 494 g/mol. The first-order valence-electron chi connectivity index (χ1n) is 9.08. The van der Waals surface area contributed by atoms with Gasteiger partial charge < -0.3 is 10.6 Å². The number of pyridine rings is 1. The molecule has 0 bridgehead atoms. The predicted molar refractivity (Wildman–Crippen MR) is 127 cm³/mol. The average Bonchev–Trinajstić information content (AvgIpc) is 3.04. The molecule has 6 heteroatoms. The van der Waals surface area contributed by atoms with Crippen LogP contribution in [0.5, 0.6) is 0 Å². The maximum Gasteiger partial charge on any atom is 0.191 e. The van der Waals surface area contributed by atoms with Gasteiger partial charge in [0.05, 0.1) is 12.2 Å². The standard InChI is InChI=1S/C21H26N4S.HI/c1-4-22-21(25-15(2)13-18-10-9-16(3)26-18)24-14-20-19-8-6-5-7-17(19)11-12-23-20;/h5-12,15H,4,13-14H2,1-3H3,(H2,22,24,25);1H. The number of aryl methyl sites for hydroxylation is 1. The van der Waals surface area contributed by atoms with Crippen LogP contribution in [0.3, 0.4) is 0 Å². The molecule has 2 heterocycles. The molecular weight excluding hydrogens is 467 g/mol. The van der Waals surface area contributed by atoms with Crippen molar-refractivity contribution in [3.63, 3.8) is 0 Å². The fourth-order valence-corrected chi connectivity index (χ4v) is 3.98. The Bertz CT molecular complexity index is 885. The van der Waals surface area contributed by atoms with Gasteiger partial charge in [0.15, 0.2) is 5.96 Å². The van der Waals surface area contributed by atoms with Gasteiger partial charge in [-0.25, -0.2) is 4.99 Å². The van der Waals surface area contributed by atoms with E-state index in [1.165, 1.54) is 15.1 Å². The van der Waals surface area contributed by atoms with Crippen LogP contribution in [0.2, 0.25) is 0 Å². The van der Waals surface area contributed by atoms with Crippen molar-refractivity contribution < 1.29 is 0 Å². The lowest BCUT2D eigenvalue weighted by molar-refractivity contribution is 0.645. The Morgan fingerprint density at radius 3 is 2.74 bits per heavy atom. The molecule has 0 saturated carbocycles. The van der Waals surface area contributed by atoms with Crippen molar-refractivity contribution in [2.24, 2.45) is 4.99 Å². The number of benzene rings is 1. The molecule has 1 aromatic carbocycles. The second-order valence-corrected chi connectivity index (χ2v) is 7.81. The first-order chi connectivity index (χ1) is 12.7. The summed E-state index contributed by atoms with van der Waals surface area (Å²) in [5.74, 6) is 0.836. The number of hydrogen-bond acceptors (Lipinski definition) is 3. The summed E-state index contributed by atoms with van der Waals surface area (Å²) in [6.45, 7) is 7.81. The van der Waals surface area contributed by atoms with Crippen LogP contribution >= 0.6 is 35.3 Å². The quantitative estimate of drug-likeness (QED) is 0.291. The zero-order valence-corrected chi connectivity index (χ0v) is 19.2. The van der Waals surface area contributed by atoms with Gasteiger partial charge in [-0.15, -0.1) is 35.3 Å². The minimum atomic E-state index is 0. The van der Waals surface area contributed by atoms with Gasteiger partial charge in [-0.3, -0.25) is 4.98 Å². The molecule has 0 aliphatic carbocycles. The Labute approximate surface area is 182 Å². The summed E-state index contributed by atoms with van der Waals surface area (Å²) in [4.78, 5) is 12.0. The summed E-state index contributed by atoms with van der Waals surface area (Å²) in [5.41, 5.74) is 1.00. The second-order valence-electron chi connectivity index (χ2n) is 6.44. The summed E-state index contributed by atoms with van der Waals surface area (Å²) >= 11 is 1.86. The number of thiophene rings is 1. The molecule has 144 valence electrons. The van der Waals surface area contributed by atoms with Crippen LogP contribution in [-0.2, 0) is 13.0 Å². The van der Waals surface area contributed by atoms with Gasteiger partial charge in [-0.1, -0.05) is 24.3 Å². The highest BCUT2D eigenvalue weighted by Crippen LogP contribution is 2.18. The smallest absolute Gasteiger partial charge is 0.191 e. The van der Waals surface area contributed by atoms with Gasteiger partial charge >= 0.3 is 0 Å². The lowest BCUT2D eigenvalue weighted by Crippen LogP contribution is -2.43. The van der Waals surface area contributed by atoms with E-state index in [2.05, 4.69) is 66.7 Å². The normalized spacial score (nSPS) is 12.5. The number of nitrogens with one attached hydrogen (secondary N) is 2. The van der Waals surface area contributed by atoms with E-state index >= 15 is 0 Å². The Morgan fingerprint density at radius 1 is 1.19 bits per heavy atom. The largest absolute Gasteiger partial charge is 0.357 e. The Balaban J connectivity index is 0.00000261. The van der Waals surface area contributed by atoms with E-state index in [-0.39, 0.29) is 24.0 Å². The molecule has 2 N–H and O–H groups in total. The van der Waals surface area contributed by atoms with Gasteiger partial charge in [0.2, 0.25) is 0 Å². The van der Waals surface area contributed by atoms with Crippen molar-refractivity contribution in [3.8, 4) is 0 Å². The van der Waals surface area contributed by atoms with E-state index in [1.807, 2.05) is 29.7 Å². The molecular formula is C21H27IN4S. The molecule has 0 aliphatic rings. The minimum absolute atomic E-state index is 0. The molecule has 1 atom stereocenters. The number of aromatic nitrogens is 1. The third-order valence-electron chi connectivity index (χ3n) is 4.17. The topological polar surface area (TPSA) is 49.3 Å². The molecule has 1 unspecified atom stereocenters. The fraction of sp³-hybridized carbons (Fsp3) is 0.333. The number of halogens is 1. The van der Waals surface area contributed by atoms with Crippen LogP contribution in [0.25, 0.3) is 10.8 Å². The number of fused-ring (bicyclic) bond motifs is 1. The Morgan fingerprint density at radius 2 is 2.00 bits per heavy atom. The van der Waals surface area contributed by atoms with Gasteiger partial charge in [-0.05, 0) is 44.4 Å². The summed E-state index contributed by atoms with van der Waals surface area (Å²) in [6, 6.07) is 15.1. The maximum atomic E-state index is 4.76. The Hall–Kier alpha value is -1.67. The number of aliphatic imine (C=N–C) groups is 1. The summed E-state index contributed by atoms with van der Waals surface area (Å²) in [5, 5.41) is 9.21. The van der Waals surface area contributed by atoms with E-state index in [0.29, 0.717) is 12.6 Å². The van der Waals surface area contributed by atoms with Crippen molar-refractivity contribution in [3.05, 3.63) is 64.1 Å². The summed E-state index contributed by atoms with van der Waals surface area (Å²) < 4.78 is 0. The van der Waals surface area contributed by atoms with E-state index in [1.54, 1.807) is 0 Å². The molecule has 3 aromatic rings. The molecule has 2 aromatic heterocycles. The highest BCUT2D eigenvalue weighted by Gasteiger charge is 2.08. The van der Waals surface area contributed by atoms with Crippen LogP contribution in [0.1, 0.15) is 29.3 Å². The van der Waals surface area contributed by atoms with Crippen LogP contribution in [0.4, 0.5) is 0 Å². The summed E-state index contributed by atoms with van der Waals surface area (Å²) in [6.07, 6.45) is 2.85. The SMILES string of the molecule is CCNC(=NCc1nccc2ccccc12)NC(C)Cc1ccc(C)s1.I. The molecule has 27 heavy (non-hydrogen) atoms. The third kappa shape index (κ3) is 6.17. The molecule has 0 saturated heterocycles. The van der Waals surface area contributed by atoms with Crippen molar-refractivity contribution in [1.29, 1.82) is 0 Å². The number of rotatable bonds is 6. The van der Waals surface area contributed by atoms with Crippen LogP contribution in [0.15, 0.2) is 53.7 Å². The monoisotopic (exact) mass is 494 g/mol. The molecule has 0 spiro atoms. The lowest BCUT2D eigenvalue weighted by atomic mass is 10.1. The van der Waals surface area contributed by atoms with Crippen molar-refractivity contribution in [2.75, 3.05) is 6.54 Å². The van der Waals surface area contributed by atoms with Gasteiger partial charge in [0.1, 0.15) is 0 Å². The highest BCUT2D eigenvalue weighted by molar-refractivity contribution is 14.0. The molecule has 3 rings (SSSR count). The first-order valence-corrected chi connectivity index (χ1v) is 9.90. The number of guanidine groups is 1. The number of nitrogens with zero attached hydrogens (tertiary/aromatic N) is 2. The van der Waals surface area contributed by atoms with Crippen molar-refractivity contribution in [1.82, 2.24) is 15.6 Å². The van der Waals surface area contributed by atoms with Crippen LogP contribution in [0, 0.1) is 6.92 Å². The second kappa shape index (κ2) is 10.6. The molecule has 0 fully saturated rings. The van der Waals surface area contributed by atoms with Gasteiger partial charge in [0.25, 0.3) is 0 Å². The minimum Gasteiger partial charge on any atom is -0.357 e. The maximum absolute atomic E-state index is 4.76. The highest BCUT2D eigenvalue weighted by atomic mass is 127. The van der Waals surface area contributed by atoms with E-state index in [4.69, 9.17) is 4.99 Å². The van der Waals surface area contributed by atoms with E-state index < -0.39 is 0 Å². The molecule has 0 amide bonds.